The van der Waals surface area contributed by atoms with Crippen LogP contribution in [0, 0.1) is 0 Å². The molecule has 0 unspecified atom stereocenters. The van der Waals surface area contributed by atoms with Crippen LogP contribution in [0.3, 0.4) is 0 Å². The number of rotatable bonds is 2. The Labute approximate surface area is 122 Å². The van der Waals surface area contributed by atoms with Crippen molar-refractivity contribution in [2.24, 2.45) is 0 Å². The molecule has 0 aliphatic carbocycles. The summed E-state index contributed by atoms with van der Waals surface area (Å²) in [7, 11) is 0. The summed E-state index contributed by atoms with van der Waals surface area (Å²) in [5.74, 6) is 0. The Hall–Kier alpha value is -0.0600. The lowest BCUT2D eigenvalue weighted by Gasteiger charge is -2.18. The molecule has 1 aliphatic heterocycles. The van der Waals surface area contributed by atoms with Gasteiger partial charge in [-0.1, -0.05) is 6.07 Å². The first kappa shape index (κ1) is 19.3. The summed E-state index contributed by atoms with van der Waals surface area (Å²) < 4.78 is 0. The molecule has 0 bridgehead atoms. The standard InChI is InChI=1S/C11H17N3.3ClH/c1-2-6-13-11(4-1)10-14-8-3-5-12-7-9-14;;;/h1-2,4,6,12H,3,5,7-10H2;3*1H. The second-order valence-electron chi connectivity index (χ2n) is 3.70. The van der Waals surface area contributed by atoms with Crippen LogP contribution in [0.15, 0.2) is 24.4 Å². The Morgan fingerprint density at radius 3 is 2.65 bits per heavy atom. The van der Waals surface area contributed by atoms with Crippen molar-refractivity contribution in [1.82, 2.24) is 15.2 Å². The molecule has 100 valence electrons. The molecule has 1 aliphatic rings. The van der Waals surface area contributed by atoms with Gasteiger partial charge in [-0.25, -0.2) is 0 Å². The first-order valence-corrected chi connectivity index (χ1v) is 5.28. The van der Waals surface area contributed by atoms with Crippen LogP contribution in [0.1, 0.15) is 12.1 Å². The summed E-state index contributed by atoms with van der Waals surface area (Å²) in [4.78, 5) is 6.80. The Balaban J connectivity index is 0. The van der Waals surface area contributed by atoms with Crippen molar-refractivity contribution >= 4 is 37.2 Å². The van der Waals surface area contributed by atoms with Crippen molar-refractivity contribution in [3.05, 3.63) is 30.1 Å². The van der Waals surface area contributed by atoms with Gasteiger partial charge >= 0.3 is 0 Å². The normalized spacial score (nSPS) is 15.8. The molecule has 0 aromatic carbocycles. The molecule has 17 heavy (non-hydrogen) atoms. The first-order chi connectivity index (χ1) is 6.95. The van der Waals surface area contributed by atoms with Crippen LogP contribution in [-0.4, -0.2) is 36.1 Å². The lowest BCUT2D eigenvalue weighted by atomic mass is 10.3. The average molecular weight is 301 g/mol. The van der Waals surface area contributed by atoms with Gasteiger partial charge in [-0.2, -0.15) is 0 Å². The van der Waals surface area contributed by atoms with Crippen LogP contribution in [0.4, 0.5) is 0 Å². The van der Waals surface area contributed by atoms with Crippen molar-refractivity contribution in [3.63, 3.8) is 0 Å². The lowest BCUT2D eigenvalue weighted by molar-refractivity contribution is 0.281. The number of nitrogens with one attached hydrogen (secondary N) is 1. The molecule has 2 heterocycles. The van der Waals surface area contributed by atoms with Crippen LogP contribution in [0.25, 0.3) is 0 Å². The molecular weight excluding hydrogens is 281 g/mol. The number of pyridine rings is 1. The first-order valence-electron chi connectivity index (χ1n) is 5.28. The quantitative estimate of drug-likeness (QED) is 0.907. The van der Waals surface area contributed by atoms with Crippen LogP contribution < -0.4 is 5.32 Å². The highest BCUT2D eigenvalue weighted by molar-refractivity contribution is 5.86. The summed E-state index contributed by atoms with van der Waals surface area (Å²) in [6.45, 7) is 5.56. The maximum Gasteiger partial charge on any atom is 0.0543 e. The van der Waals surface area contributed by atoms with Gasteiger partial charge in [-0.15, -0.1) is 37.2 Å². The van der Waals surface area contributed by atoms with Crippen molar-refractivity contribution in [1.29, 1.82) is 0 Å². The van der Waals surface area contributed by atoms with Crippen LogP contribution >= 0.6 is 37.2 Å². The Morgan fingerprint density at radius 2 is 1.94 bits per heavy atom. The molecular formula is C11H20Cl3N3. The van der Waals surface area contributed by atoms with E-state index in [0.29, 0.717) is 0 Å². The van der Waals surface area contributed by atoms with E-state index in [4.69, 9.17) is 0 Å². The number of hydrogen-bond acceptors (Lipinski definition) is 3. The van der Waals surface area contributed by atoms with Gasteiger partial charge in [-0.3, -0.25) is 9.88 Å². The molecule has 1 aromatic heterocycles. The van der Waals surface area contributed by atoms with E-state index in [2.05, 4.69) is 27.3 Å². The SMILES string of the molecule is Cl.Cl.Cl.c1ccc(CN2CCCNCC2)nc1. The predicted molar refractivity (Wildman–Crippen MR) is 78.7 cm³/mol. The van der Waals surface area contributed by atoms with E-state index < -0.39 is 0 Å². The van der Waals surface area contributed by atoms with E-state index in [1.807, 2.05) is 12.3 Å². The molecule has 0 spiro atoms. The van der Waals surface area contributed by atoms with Gasteiger partial charge in [0.2, 0.25) is 0 Å². The molecule has 1 saturated heterocycles. The molecule has 1 N–H and O–H groups in total. The fourth-order valence-electron chi connectivity index (χ4n) is 1.78. The number of hydrogen-bond donors (Lipinski definition) is 1. The van der Waals surface area contributed by atoms with E-state index >= 15 is 0 Å². The number of nitrogens with zero attached hydrogens (tertiary/aromatic N) is 2. The van der Waals surface area contributed by atoms with Crippen molar-refractivity contribution < 1.29 is 0 Å². The molecule has 0 atom stereocenters. The molecule has 2 rings (SSSR count). The summed E-state index contributed by atoms with van der Waals surface area (Å²) in [5.41, 5.74) is 1.18. The van der Waals surface area contributed by atoms with E-state index in [1.165, 1.54) is 18.7 Å². The molecule has 1 fully saturated rings. The van der Waals surface area contributed by atoms with Gasteiger partial charge in [0.15, 0.2) is 0 Å². The van der Waals surface area contributed by atoms with E-state index in [1.54, 1.807) is 0 Å². The predicted octanol–water partition coefficient (Wildman–Crippen LogP) is 2.14. The highest BCUT2D eigenvalue weighted by Gasteiger charge is 2.08. The minimum atomic E-state index is 0. The minimum Gasteiger partial charge on any atom is -0.315 e. The fraction of sp³-hybridized carbons (Fsp3) is 0.545. The molecule has 0 amide bonds. The number of halogens is 3. The zero-order valence-corrected chi connectivity index (χ0v) is 12.1. The third kappa shape index (κ3) is 7.06. The second kappa shape index (κ2) is 11.1. The monoisotopic (exact) mass is 299 g/mol. The summed E-state index contributed by atoms with van der Waals surface area (Å²) in [5, 5.41) is 3.40. The second-order valence-corrected chi connectivity index (χ2v) is 3.70. The summed E-state index contributed by atoms with van der Waals surface area (Å²) in [6.07, 6.45) is 3.11. The van der Waals surface area contributed by atoms with Crippen molar-refractivity contribution in [2.45, 2.75) is 13.0 Å². The Bertz CT molecular complexity index is 264. The molecule has 6 heteroatoms. The van der Waals surface area contributed by atoms with E-state index in [9.17, 15) is 0 Å². The minimum absolute atomic E-state index is 0. The highest BCUT2D eigenvalue weighted by Crippen LogP contribution is 2.02. The van der Waals surface area contributed by atoms with Gasteiger partial charge in [0, 0.05) is 25.8 Å². The fourth-order valence-corrected chi connectivity index (χ4v) is 1.78. The zero-order chi connectivity index (χ0) is 9.64. The molecule has 3 nitrogen and oxygen atoms in total. The molecule has 0 radical (unpaired) electrons. The largest absolute Gasteiger partial charge is 0.315 e. The van der Waals surface area contributed by atoms with E-state index in [0.717, 1.165) is 26.2 Å². The third-order valence-electron chi connectivity index (χ3n) is 2.54. The Kier molecular flexibility index (Phi) is 12.5. The molecule has 0 saturated carbocycles. The summed E-state index contributed by atoms with van der Waals surface area (Å²) >= 11 is 0. The third-order valence-corrected chi connectivity index (χ3v) is 2.54. The van der Waals surface area contributed by atoms with Crippen molar-refractivity contribution in [2.75, 3.05) is 26.2 Å². The summed E-state index contributed by atoms with van der Waals surface area (Å²) in [6, 6.07) is 6.12. The van der Waals surface area contributed by atoms with Gasteiger partial charge in [0.05, 0.1) is 5.69 Å². The molecule has 1 aromatic rings. The van der Waals surface area contributed by atoms with E-state index in [-0.39, 0.29) is 37.2 Å². The topological polar surface area (TPSA) is 28.2 Å². The zero-order valence-electron chi connectivity index (χ0n) is 9.67. The highest BCUT2D eigenvalue weighted by atomic mass is 35.5. The van der Waals surface area contributed by atoms with Crippen LogP contribution in [-0.2, 0) is 6.54 Å². The lowest BCUT2D eigenvalue weighted by Crippen LogP contribution is -2.27. The van der Waals surface area contributed by atoms with Crippen LogP contribution in [0.5, 0.6) is 0 Å². The van der Waals surface area contributed by atoms with Gasteiger partial charge < -0.3 is 5.32 Å². The Morgan fingerprint density at radius 1 is 1.12 bits per heavy atom. The smallest absolute Gasteiger partial charge is 0.0543 e. The van der Waals surface area contributed by atoms with Crippen molar-refractivity contribution in [3.8, 4) is 0 Å². The average Bonchev–Trinajstić information content (AvgIpc) is 2.48. The van der Waals surface area contributed by atoms with Gasteiger partial charge in [-0.05, 0) is 31.6 Å². The maximum absolute atomic E-state index is 4.34. The van der Waals surface area contributed by atoms with Gasteiger partial charge in [0.25, 0.3) is 0 Å². The van der Waals surface area contributed by atoms with Gasteiger partial charge in [0.1, 0.15) is 0 Å². The maximum atomic E-state index is 4.34. The number of aromatic nitrogens is 1. The van der Waals surface area contributed by atoms with Crippen LogP contribution in [0.2, 0.25) is 0 Å².